The SMILES string of the molecule is O=C(NC1CCC(C(F)(F)F)CC1)C1CC(F)(F)CN1. The van der Waals surface area contributed by atoms with Crippen molar-refractivity contribution >= 4 is 5.91 Å². The lowest BCUT2D eigenvalue weighted by atomic mass is 9.85. The number of hydrogen-bond acceptors (Lipinski definition) is 2. The van der Waals surface area contributed by atoms with E-state index in [0.717, 1.165) is 0 Å². The minimum Gasteiger partial charge on any atom is -0.352 e. The van der Waals surface area contributed by atoms with Crippen molar-refractivity contribution < 1.29 is 26.7 Å². The molecule has 1 heterocycles. The molecule has 2 fully saturated rings. The number of alkyl halides is 5. The Morgan fingerprint density at radius 2 is 1.75 bits per heavy atom. The van der Waals surface area contributed by atoms with Crippen LogP contribution >= 0.6 is 0 Å². The summed E-state index contributed by atoms with van der Waals surface area (Å²) in [6, 6.07) is -1.30. The second-order valence-electron chi connectivity index (χ2n) is 5.59. The first-order valence-electron chi connectivity index (χ1n) is 6.66. The van der Waals surface area contributed by atoms with Gasteiger partial charge in [-0.25, -0.2) is 8.78 Å². The van der Waals surface area contributed by atoms with Crippen LogP contribution in [0.5, 0.6) is 0 Å². The van der Waals surface area contributed by atoms with E-state index in [1.165, 1.54) is 0 Å². The van der Waals surface area contributed by atoms with Gasteiger partial charge in [0.1, 0.15) is 0 Å². The van der Waals surface area contributed by atoms with Crippen molar-refractivity contribution in [3.63, 3.8) is 0 Å². The molecule has 8 heteroatoms. The molecule has 0 bridgehead atoms. The standard InChI is InChI=1S/C12H17F5N2O/c13-11(14)5-9(18-6-11)10(20)19-8-3-1-7(2-4-8)12(15,16)17/h7-9,18H,1-6H2,(H,19,20). The van der Waals surface area contributed by atoms with Gasteiger partial charge in [-0.15, -0.1) is 0 Å². The largest absolute Gasteiger partial charge is 0.391 e. The van der Waals surface area contributed by atoms with Gasteiger partial charge in [-0.2, -0.15) is 13.2 Å². The van der Waals surface area contributed by atoms with Gasteiger partial charge in [0.25, 0.3) is 5.92 Å². The van der Waals surface area contributed by atoms with E-state index in [4.69, 9.17) is 0 Å². The molecule has 1 unspecified atom stereocenters. The number of carbonyl (C=O) groups excluding carboxylic acids is 1. The Kier molecular flexibility index (Phi) is 4.22. The highest BCUT2D eigenvalue weighted by molar-refractivity contribution is 5.82. The van der Waals surface area contributed by atoms with Gasteiger partial charge in [0, 0.05) is 12.5 Å². The molecule has 116 valence electrons. The van der Waals surface area contributed by atoms with E-state index in [0.29, 0.717) is 0 Å². The zero-order chi connectivity index (χ0) is 15.0. The fourth-order valence-corrected chi connectivity index (χ4v) is 2.77. The summed E-state index contributed by atoms with van der Waals surface area (Å²) in [4.78, 5) is 11.8. The van der Waals surface area contributed by atoms with Crippen LogP contribution in [0.4, 0.5) is 22.0 Å². The smallest absolute Gasteiger partial charge is 0.352 e. The maximum atomic E-state index is 12.9. The fourth-order valence-electron chi connectivity index (χ4n) is 2.77. The van der Waals surface area contributed by atoms with Gasteiger partial charge in [-0.05, 0) is 25.7 Å². The lowest BCUT2D eigenvalue weighted by Gasteiger charge is -2.30. The summed E-state index contributed by atoms with van der Waals surface area (Å²) in [5.74, 6) is -4.75. The molecule has 1 amide bonds. The Hall–Kier alpha value is -0.920. The van der Waals surface area contributed by atoms with Crippen molar-refractivity contribution in [1.82, 2.24) is 10.6 Å². The molecule has 0 aromatic heterocycles. The highest BCUT2D eigenvalue weighted by atomic mass is 19.4. The summed E-state index contributed by atoms with van der Waals surface area (Å²) in [7, 11) is 0. The molecule has 0 aromatic carbocycles. The normalized spacial score (nSPS) is 34.0. The Labute approximate surface area is 113 Å². The summed E-state index contributed by atoms with van der Waals surface area (Å²) < 4.78 is 63.3. The predicted octanol–water partition coefficient (Wildman–Crippen LogP) is 2.22. The van der Waals surface area contributed by atoms with Gasteiger partial charge < -0.3 is 5.32 Å². The number of carbonyl (C=O) groups is 1. The second kappa shape index (κ2) is 5.46. The second-order valence-corrected chi connectivity index (χ2v) is 5.59. The van der Waals surface area contributed by atoms with Gasteiger partial charge in [0.15, 0.2) is 0 Å². The minimum absolute atomic E-state index is 0.0251. The van der Waals surface area contributed by atoms with E-state index >= 15 is 0 Å². The van der Waals surface area contributed by atoms with Crippen LogP contribution in [0.15, 0.2) is 0 Å². The number of amides is 1. The molecule has 0 radical (unpaired) electrons. The van der Waals surface area contributed by atoms with Crippen molar-refractivity contribution in [2.75, 3.05) is 6.54 Å². The molecule has 1 aliphatic heterocycles. The average molecular weight is 300 g/mol. The Balaban J connectivity index is 1.77. The molecule has 2 aliphatic rings. The Morgan fingerprint density at radius 3 is 2.20 bits per heavy atom. The first-order valence-corrected chi connectivity index (χ1v) is 6.66. The average Bonchev–Trinajstić information content (AvgIpc) is 2.69. The maximum Gasteiger partial charge on any atom is 0.391 e. The molecule has 2 rings (SSSR count). The van der Waals surface area contributed by atoms with Crippen molar-refractivity contribution in [2.45, 2.75) is 56.3 Å². The number of nitrogens with one attached hydrogen (secondary N) is 2. The molecule has 1 saturated carbocycles. The van der Waals surface area contributed by atoms with E-state index < -0.39 is 42.9 Å². The molecule has 1 atom stereocenters. The number of hydrogen-bond donors (Lipinski definition) is 2. The fraction of sp³-hybridized carbons (Fsp3) is 0.917. The predicted molar refractivity (Wildman–Crippen MR) is 61.3 cm³/mol. The Bertz CT molecular complexity index is 363. The summed E-state index contributed by atoms with van der Waals surface area (Å²) >= 11 is 0. The number of halogens is 5. The molecule has 0 aromatic rings. The van der Waals surface area contributed by atoms with E-state index in [-0.39, 0.29) is 31.7 Å². The van der Waals surface area contributed by atoms with Crippen LogP contribution in [0.25, 0.3) is 0 Å². The van der Waals surface area contributed by atoms with Crippen LogP contribution in [0, 0.1) is 5.92 Å². The zero-order valence-electron chi connectivity index (χ0n) is 10.8. The van der Waals surface area contributed by atoms with Crippen molar-refractivity contribution in [3.05, 3.63) is 0 Å². The summed E-state index contributed by atoms with van der Waals surface area (Å²) in [5.41, 5.74) is 0. The topological polar surface area (TPSA) is 41.1 Å². The molecular weight excluding hydrogens is 283 g/mol. The monoisotopic (exact) mass is 300 g/mol. The van der Waals surface area contributed by atoms with E-state index in [1.807, 2.05) is 0 Å². The van der Waals surface area contributed by atoms with Crippen LogP contribution in [0.1, 0.15) is 32.1 Å². The van der Waals surface area contributed by atoms with Crippen molar-refractivity contribution in [2.24, 2.45) is 5.92 Å². The third-order valence-electron chi connectivity index (χ3n) is 3.96. The van der Waals surface area contributed by atoms with Gasteiger partial charge >= 0.3 is 6.18 Å². The maximum absolute atomic E-state index is 12.9. The van der Waals surface area contributed by atoms with Crippen LogP contribution in [0.2, 0.25) is 0 Å². The highest BCUT2D eigenvalue weighted by Gasteiger charge is 2.44. The van der Waals surface area contributed by atoms with Gasteiger partial charge in [-0.3, -0.25) is 10.1 Å². The summed E-state index contributed by atoms with van der Waals surface area (Å²) in [6.07, 6.45) is -4.33. The summed E-state index contributed by atoms with van der Waals surface area (Å²) in [6.45, 7) is -0.536. The molecule has 20 heavy (non-hydrogen) atoms. The van der Waals surface area contributed by atoms with Crippen LogP contribution in [0.3, 0.4) is 0 Å². The van der Waals surface area contributed by atoms with Crippen molar-refractivity contribution in [1.29, 1.82) is 0 Å². The van der Waals surface area contributed by atoms with Gasteiger partial charge in [0.05, 0.1) is 18.5 Å². The van der Waals surface area contributed by atoms with Crippen molar-refractivity contribution in [3.8, 4) is 0 Å². The third-order valence-corrected chi connectivity index (χ3v) is 3.96. The van der Waals surface area contributed by atoms with Crippen LogP contribution in [-0.2, 0) is 4.79 Å². The molecule has 0 spiro atoms. The van der Waals surface area contributed by atoms with Gasteiger partial charge in [-0.1, -0.05) is 0 Å². The number of rotatable bonds is 2. The summed E-state index contributed by atoms with van der Waals surface area (Å²) in [5, 5.41) is 5.00. The molecule has 1 saturated heterocycles. The highest BCUT2D eigenvalue weighted by Crippen LogP contribution is 2.37. The third kappa shape index (κ3) is 3.80. The van der Waals surface area contributed by atoms with E-state index in [9.17, 15) is 26.7 Å². The quantitative estimate of drug-likeness (QED) is 0.768. The van der Waals surface area contributed by atoms with Gasteiger partial charge in [0.2, 0.25) is 5.91 Å². The molecular formula is C12H17F5N2O. The molecule has 1 aliphatic carbocycles. The van der Waals surface area contributed by atoms with E-state index in [2.05, 4.69) is 10.6 Å². The van der Waals surface area contributed by atoms with Crippen LogP contribution in [-0.4, -0.2) is 36.6 Å². The first kappa shape index (κ1) is 15.5. The zero-order valence-corrected chi connectivity index (χ0v) is 10.8. The van der Waals surface area contributed by atoms with E-state index in [1.54, 1.807) is 0 Å². The minimum atomic E-state index is -4.19. The molecule has 2 N–H and O–H groups in total. The molecule has 3 nitrogen and oxygen atoms in total. The first-order chi connectivity index (χ1) is 9.17. The lowest BCUT2D eigenvalue weighted by Crippen LogP contribution is -2.47. The lowest BCUT2D eigenvalue weighted by molar-refractivity contribution is -0.182. The Morgan fingerprint density at radius 1 is 1.15 bits per heavy atom. The van der Waals surface area contributed by atoms with Crippen LogP contribution < -0.4 is 10.6 Å².